The molecule has 9 heteroatoms. The average Bonchev–Trinajstić information content (AvgIpc) is 3.41. The number of nitrogens with zero attached hydrogens (tertiary/aromatic N) is 6. The second kappa shape index (κ2) is 13.3. The summed E-state index contributed by atoms with van der Waals surface area (Å²) in [6.45, 7) is 0.671. The molecule has 0 unspecified atom stereocenters. The van der Waals surface area contributed by atoms with Crippen molar-refractivity contribution >= 4 is 27.5 Å². The van der Waals surface area contributed by atoms with Crippen LogP contribution in [0.4, 0.5) is 0 Å². The third-order valence-corrected chi connectivity index (χ3v) is 6.66. The summed E-state index contributed by atoms with van der Waals surface area (Å²) < 4.78 is 3.48. The first kappa shape index (κ1) is 27.5. The van der Waals surface area contributed by atoms with E-state index in [2.05, 4.69) is 42.6 Å². The van der Waals surface area contributed by atoms with E-state index in [1.165, 1.54) is 16.2 Å². The first-order chi connectivity index (χ1) is 19.0. The molecule has 0 N–H and O–H groups in total. The summed E-state index contributed by atoms with van der Waals surface area (Å²) in [6, 6.07) is 25.9. The lowest BCUT2D eigenvalue weighted by Gasteiger charge is -2.09. The first-order valence-electron chi connectivity index (χ1n) is 11.9. The molecule has 0 radical (unpaired) electrons. The van der Waals surface area contributed by atoms with Crippen LogP contribution >= 0.6 is 27.5 Å². The van der Waals surface area contributed by atoms with Crippen molar-refractivity contribution in [2.24, 2.45) is 0 Å². The topological polar surface area (TPSA) is 100 Å². The number of benzene rings is 2. The van der Waals surface area contributed by atoms with Gasteiger partial charge in [0.1, 0.15) is 5.82 Å². The van der Waals surface area contributed by atoms with E-state index < -0.39 is 0 Å². The number of imidazole rings is 1. The highest BCUT2D eigenvalue weighted by molar-refractivity contribution is 9.08. The van der Waals surface area contributed by atoms with Crippen LogP contribution in [0, 0.1) is 22.7 Å². The highest BCUT2D eigenvalue weighted by atomic mass is 79.9. The maximum atomic E-state index is 12.0. The summed E-state index contributed by atoms with van der Waals surface area (Å²) >= 11 is 9.30. The number of alkyl halides is 1. The lowest BCUT2D eigenvalue weighted by Crippen LogP contribution is -2.17. The van der Waals surface area contributed by atoms with Gasteiger partial charge in [0, 0.05) is 48.6 Å². The van der Waals surface area contributed by atoms with Crippen LogP contribution in [0.15, 0.2) is 103 Å². The highest BCUT2D eigenvalue weighted by Crippen LogP contribution is 2.14. The van der Waals surface area contributed by atoms with Crippen molar-refractivity contribution in [2.75, 3.05) is 0 Å². The molecule has 3 aromatic heterocycles. The Hall–Kier alpha value is -4.50. The molecule has 5 rings (SSSR count). The molecule has 0 aliphatic carbocycles. The molecule has 39 heavy (non-hydrogen) atoms. The maximum absolute atomic E-state index is 12.0. The summed E-state index contributed by atoms with van der Waals surface area (Å²) in [5, 5.41) is 18.7. The Morgan fingerprint density at radius 1 is 0.821 bits per heavy atom. The molecule has 0 atom stereocenters. The molecule has 7 nitrogen and oxygen atoms in total. The van der Waals surface area contributed by atoms with Crippen LogP contribution in [0.2, 0.25) is 5.02 Å². The van der Waals surface area contributed by atoms with E-state index in [0.29, 0.717) is 34.9 Å². The van der Waals surface area contributed by atoms with Crippen LogP contribution in [-0.2, 0) is 18.3 Å². The van der Waals surface area contributed by atoms with Gasteiger partial charge in [-0.15, -0.1) is 0 Å². The van der Waals surface area contributed by atoms with E-state index in [1.807, 2.05) is 60.8 Å². The molecule has 0 saturated heterocycles. The summed E-state index contributed by atoms with van der Waals surface area (Å²) in [4.78, 5) is 20.7. The summed E-state index contributed by atoms with van der Waals surface area (Å²) in [5.41, 5.74) is 5.51. The third kappa shape index (κ3) is 7.52. The number of aromatic nitrogens is 4. The van der Waals surface area contributed by atoms with Crippen LogP contribution in [0.25, 0.3) is 5.82 Å². The van der Waals surface area contributed by atoms with Gasteiger partial charge in [-0.1, -0.05) is 57.9 Å². The Bertz CT molecular complexity index is 1680. The largest absolute Gasteiger partial charge is 0.330 e. The second-order valence-corrected chi connectivity index (χ2v) is 9.52. The fourth-order valence-corrected chi connectivity index (χ4v) is 4.23. The zero-order chi connectivity index (χ0) is 27.6. The Morgan fingerprint density at radius 2 is 1.46 bits per heavy atom. The molecule has 0 spiro atoms. The molecule has 5 aromatic rings. The van der Waals surface area contributed by atoms with Gasteiger partial charge in [-0.2, -0.15) is 10.5 Å². The minimum atomic E-state index is -0.185. The van der Waals surface area contributed by atoms with Crippen molar-refractivity contribution in [3.8, 4) is 18.0 Å². The van der Waals surface area contributed by atoms with Gasteiger partial charge in [0.05, 0.1) is 34.6 Å². The van der Waals surface area contributed by atoms with Crippen molar-refractivity contribution in [1.29, 1.82) is 10.5 Å². The van der Waals surface area contributed by atoms with Crippen molar-refractivity contribution in [3.05, 3.63) is 147 Å². The van der Waals surface area contributed by atoms with Crippen molar-refractivity contribution in [2.45, 2.75) is 18.3 Å². The fourth-order valence-electron chi connectivity index (χ4n) is 3.70. The molecule has 2 aromatic carbocycles. The lowest BCUT2D eigenvalue weighted by molar-refractivity contribution is 0.752. The molecule has 3 heterocycles. The van der Waals surface area contributed by atoms with E-state index >= 15 is 0 Å². The standard InChI is InChI=1S/C22H16ClN5O.C8H6BrN/c23-19-6-8-22(29)28(14-19)21-7-5-18(11-26-21)9-20-12-25-15-27(20)13-17-3-1-16(10-24)2-4-17;9-5-7-1-3-8(6-10)4-2-7/h1-8,11-12,14-15H,9,13H2;1-4H,5H2. The Balaban J connectivity index is 0.000000298. The Labute approximate surface area is 239 Å². The molecule has 0 bridgehead atoms. The number of pyridine rings is 2. The van der Waals surface area contributed by atoms with Gasteiger partial charge in [-0.05, 0) is 53.1 Å². The molecular formula is C30H22BrClN6O. The number of nitriles is 2. The van der Waals surface area contributed by atoms with Gasteiger partial charge in [-0.3, -0.25) is 9.36 Å². The summed E-state index contributed by atoms with van der Waals surface area (Å²) in [6.07, 6.45) is 7.59. The number of rotatable bonds is 6. The fraction of sp³-hybridized carbons (Fsp3) is 0.100. The first-order valence-corrected chi connectivity index (χ1v) is 13.4. The van der Waals surface area contributed by atoms with Gasteiger partial charge in [0.15, 0.2) is 0 Å². The third-order valence-electron chi connectivity index (χ3n) is 5.79. The second-order valence-electron chi connectivity index (χ2n) is 8.52. The molecular weight excluding hydrogens is 576 g/mol. The number of hydrogen-bond acceptors (Lipinski definition) is 5. The minimum absolute atomic E-state index is 0.185. The Morgan fingerprint density at radius 3 is 2.05 bits per heavy atom. The minimum Gasteiger partial charge on any atom is -0.330 e. The van der Waals surface area contributed by atoms with Gasteiger partial charge in [0.2, 0.25) is 0 Å². The van der Waals surface area contributed by atoms with E-state index in [0.717, 1.165) is 22.2 Å². The molecule has 0 aliphatic rings. The summed E-state index contributed by atoms with van der Waals surface area (Å²) in [5.74, 6) is 0.521. The van der Waals surface area contributed by atoms with E-state index in [1.54, 1.807) is 30.9 Å². The molecule has 192 valence electrons. The van der Waals surface area contributed by atoms with Gasteiger partial charge < -0.3 is 4.57 Å². The molecule has 0 aliphatic heterocycles. The van der Waals surface area contributed by atoms with Gasteiger partial charge in [-0.25, -0.2) is 9.97 Å². The average molecular weight is 598 g/mol. The summed E-state index contributed by atoms with van der Waals surface area (Å²) in [7, 11) is 0. The maximum Gasteiger partial charge on any atom is 0.256 e. The molecule has 0 saturated carbocycles. The van der Waals surface area contributed by atoms with Crippen LogP contribution in [-0.4, -0.2) is 19.1 Å². The van der Waals surface area contributed by atoms with Crippen molar-refractivity contribution < 1.29 is 0 Å². The van der Waals surface area contributed by atoms with Crippen molar-refractivity contribution in [3.63, 3.8) is 0 Å². The SMILES string of the molecule is N#Cc1ccc(CBr)cc1.N#Cc1ccc(Cn2cncc2Cc2ccc(-n3cc(Cl)ccc3=O)nc2)cc1. The van der Waals surface area contributed by atoms with Crippen LogP contribution in [0.3, 0.4) is 0 Å². The number of hydrogen-bond donors (Lipinski definition) is 0. The lowest BCUT2D eigenvalue weighted by atomic mass is 10.1. The van der Waals surface area contributed by atoms with E-state index in [4.69, 9.17) is 22.1 Å². The predicted molar refractivity (Wildman–Crippen MR) is 154 cm³/mol. The predicted octanol–water partition coefficient (Wildman–Crippen LogP) is 6.05. The van der Waals surface area contributed by atoms with Crippen LogP contribution in [0.5, 0.6) is 0 Å². The van der Waals surface area contributed by atoms with Crippen molar-refractivity contribution in [1.82, 2.24) is 19.1 Å². The highest BCUT2D eigenvalue weighted by Gasteiger charge is 2.07. The molecule has 0 fully saturated rings. The molecule has 0 amide bonds. The zero-order valence-corrected chi connectivity index (χ0v) is 23.0. The Kier molecular flexibility index (Phi) is 9.42. The van der Waals surface area contributed by atoms with E-state index in [9.17, 15) is 4.79 Å². The smallest absolute Gasteiger partial charge is 0.256 e. The van der Waals surface area contributed by atoms with E-state index in [-0.39, 0.29) is 5.56 Å². The van der Waals surface area contributed by atoms with Gasteiger partial charge in [0.25, 0.3) is 5.56 Å². The quantitative estimate of drug-likeness (QED) is 0.222. The zero-order valence-electron chi connectivity index (χ0n) is 20.7. The normalized spacial score (nSPS) is 10.2. The van der Waals surface area contributed by atoms with Crippen LogP contribution in [0.1, 0.15) is 33.5 Å². The number of halogens is 2. The van der Waals surface area contributed by atoms with Crippen LogP contribution < -0.4 is 5.56 Å². The van der Waals surface area contributed by atoms with Gasteiger partial charge >= 0.3 is 0 Å². The monoisotopic (exact) mass is 596 g/mol.